The summed E-state index contributed by atoms with van der Waals surface area (Å²) in [5.74, 6) is -1.59. The summed E-state index contributed by atoms with van der Waals surface area (Å²) >= 11 is 5.97. The highest BCUT2D eigenvalue weighted by atomic mass is 35.5. The first kappa shape index (κ1) is 32.2. The Balaban J connectivity index is 1.85. The molecule has 0 aliphatic carbocycles. The second-order valence-corrected chi connectivity index (χ2v) is 12.4. The molecule has 45 heavy (non-hydrogen) atoms. The second kappa shape index (κ2) is 11.3. The van der Waals surface area contributed by atoms with E-state index in [4.69, 9.17) is 11.6 Å². The molecule has 0 spiro atoms. The molecular formula is C29H20ClF7N4O3S. The van der Waals surface area contributed by atoms with E-state index in [-0.39, 0.29) is 44.7 Å². The van der Waals surface area contributed by atoms with Crippen LogP contribution in [0, 0.1) is 12.7 Å². The first-order valence-corrected chi connectivity index (χ1v) is 15.0. The minimum atomic E-state index is -4.92. The van der Waals surface area contributed by atoms with Crippen LogP contribution >= 0.6 is 11.6 Å². The Morgan fingerprint density at radius 3 is 2.00 bits per heavy atom. The third-order valence-corrected chi connectivity index (χ3v) is 8.23. The van der Waals surface area contributed by atoms with Crippen LogP contribution in [0.15, 0.2) is 71.9 Å². The Morgan fingerprint density at radius 2 is 1.44 bits per heavy atom. The van der Waals surface area contributed by atoms with Crippen molar-refractivity contribution in [1.29, 1.82) is 0 Å². The van der Waals surface area contributed by atoms with Crippen molar-refractivity contribution in [3.8, 4) is 33.9 Å². The van der Waals surface area contributed by atoms with Gasteiger partial charge in [0.25, 0.3) is 0 Å². The molecule has 0 aliphatic heterocycles. The maximum atomic E-state index is 15.0. The van der Waals surface area contributed by atoms with E-state index in [1.54, 1.807) is 0 Å². The molecule has 1 N–H and O–H groups in total. The van der Waals surface area contributed by atoms with Crippen molar-refractivity contribution < 1.29 is 44.3 Å². The van der Waals surface area contributed by atoms with Crippen LogP contribution in [0.1, 0.15) is 22.8 Å². The summed E-state index contributed by atoms with van der Waals surface area (Å²) in [6.45, 7) is 0.333. The highest BCUT2D eigenvalue weighted by Gasteiger charge is 2.37. The topological polar surface area (TPSA) is 90.0 Å². The largest absolute Gasteiger partial charge is 0.434 e. The zero-order valence-electron chi connectivity index (χ0n) is 23.0. The second-order valence-electron chi connectivity index (χ2n) is 9.93. The van der Waals surface area contributed by atoms with Gasteiger partial charge in [-0.1, -0.05) is 17.7 Å². The maximum absolute atomic E-state index is 15.0. The van der Waals surface area contributed by atoms with Crippen molar-refractivity contribution in [3.63, 3.8) is 0 Å². The van der Waals surface area contributed by atoms with Crippen LogP contribution < -0.4 is 0 Å². The predicted molar refractivity (Wildman–Crippen MR) is 150 cm³/mol. The van der Waals surface area contributed by atoms with Gasteiger partial charge in [-0.3, -0.25) is 4.57 Å². The number of hydrogen-bond acceptors (Lipinski definition) is 5. The average molecular weight is 673 g/mol. The number of hydrogen-bond donors (Lipinski definition) is 1. The van der Waals surface area contributed by atoms with Crippen LogP contribution in [0.5, 0.6) is 0 Å². The summed E-state index contributed by atoms with van der Waals surface area (Å²) in [5, 5.41) is 9.86. The summed E-state index contributed by atoms with van der Waals surface area (Å²) in [7, 11) is -4.06. The van der Waals surface area contributed by atoms with Crippen molar-refractivity contribution >= 4 is 21.4 Å². The molecule has 2 aromatic heterocycles. The number of aromatic nitrogens is 4. The number of aliphatic hydroxyl groups excluding tert-OH is 1. The van der Waals surface area contributed by atoms with Crippen molar-refractivity contribution in [3.05, 3.63) is 101 Å². The fraction of sp³-hybridized carbons (Fsp3) is 0.172. The van der Waals surface area contributed by atoms with Gasteiger partial charge in [-0.05, 0) is 66.6 Å². The highest BCUT2D eigenvalue weighted by Crippen LogP contribution is 2.39. The number of sulfone groups is 1. The number of rotatable bonds is 6. The van der Waals surface area contributed by atoms with Gasteiger partial charge in [0.15, 0.2) is 21.2 Å². The molecule has 2 heterocycles. The van der Waals surface area contributed by atoms with Crippen molar-refractivity contribution in [1.82, 2.24) is 19.1 Å². The Kier molecular flexibility index (Phi) is 8.08. The van der Waals surface area contributed by atoms with Crippen molar-refractivity contribution in [2.75, 3.05) is 6.26 Å². The zero-order valence-corrected chi connectivity index (χ0v) is 24.6. The lowest BCUT2D eigenvalue weighted by Crippen LogP contribution is -2.06. The van der Waals surface area contributed by atoms with Crippen LogP contribution in [0.4, 0.5) is 30.7 Å². The van der Waals surface area contributed by atoms with E-state index in [9.17, 15) is 39.9 Å². The van der Waals surface area contributed by atoms with E-state index in [1.165, 1.54) is 49.4 Å². The molecule has 0 atom stereocenters. The molecule has 0 bridgehead atoms. The molecule has 0 aliphatic rings. The van der Waals surface area contributed by atoms with Crippen molar-refractivity contribution in [2.24, 2.45) is 0 Å². The number of halogens is 8. The molecule has 3 aromatic carbocycles. The molecule has 0 radical (unpaired) electrons. The Morgan fingerprint density at radius 1 is 0.844 bits per heavy atom. The molecule has 0 amide bonds. The molecule has 5 aromatic rings. The summed E-state index contributed by atoms with van der Waals surface area (Å²) in [6.07, 6.45) is -7.58. The first-order valence-electron chi connectivity index (χ1n) is 12.7. The van der Waals surface area contributed by atoms with Crippen LogP contribution in [0.3, 0.4) is 0 Å². The summed E-state index contributed by atoms with van der Waals surface area (Å²) in [4.78, 5) is 6.84. The Labute approximate surface area is 256 Å². The number of aliphatic hydroxyl groups is 1. The van der Waals surface area contributed by atoms with Gasteiger partial charge in [-0.15, -0.1) is 0 Å². The number of benzene rings is 3. The van der Waals surface area contributed by atoms with Gasteiger partial charge < -0.3 is 9.67 Å². The minimum absolute atomic E-state index is 0.0445. The third-order valence-electron chi connectivity index (χ3n) is 6.82. The fourth-order valence-electron chi connectivity index (χ4n) is 4.73. The van der Waals surface area contributed by atoms with Gasteiger partial charge in [-0.2, -0.15) is 26.3 Å². The van der Waals surface area contributed by atoms with Crippen LogP contribution in [0.25, 0.3) is 33.9 Å². The summed E-state index contributed by atoms with van der Waals surface area (Å²) < 4.78 is 124. The lowest BCUT2D eigenvalue weighted by atomic mass is 9.99. The smallest absolute Gasteiger partial charge is 0.392 e. The monoisotopic (exact) mass is 672 g/mol. The lowest BCUT2D eigenvalue weighted by molar-refractivity contribution is -0.141. The zero-order chi connectivity index (χ0) is 33.1. The van der Waals surface area contributed by atoms with Gasteiger partial charge in [0.05, 0.1) is 17.2 Å². The van der Waals surface area contributed by atoms with Gasteiger partial charge in [0, 0.05) is 40.5 Å². The Bertz CT molecular complexity index is 2030. The first-order chi connectivity index (χ1) is 20.9. The van der Waals surface area contributed by atoms with E-state index in [2.05, 4.69) is 9.97 Å². The van der Waals surface area contributed by atoms with E-state index in [0.29, 0.717) is 12.4 Å². The van der Waals surface area contributed by atoms with Gasteiger partial charge in [-0.25, -0.2) is 22.8 Å². The van der Waals surface area contributed by atoms with E-state index >= 15 is 4.39 Å². The quantitative estimate of drug-likeness (QED) is 0.190. The molecule has 7 nitrogen and oxygen atoms in total. The Hall–Kier alpha value is -4.21. The number of alkyl halides is 6. The molecule has 236 valence electrons. The minimum Gasteiger partial charge on any atom is -0.392 e. The van der Waals surface area contributed by atoms with Gasteiger partial charge in [0.2, 0.25) is 0 Å². The van der Waals surface area contributed by atoms with E-state index in [1.807, 2.05) is 0 Å². The molecule has 5 rings (SSSR count). The number of imidazole rings is 2. The molecule has 16 heteroatoms. The molecule has 0 unspecified atom stereocenters. The number of aryl methyl sites for hydroxylation is 1. The van der Waals surface area contributed by atoms with Crippen LogP contribution in [-0.4, -0.2) is 38.9 Å². The average Bonchev–Trinajstić information content (AvgIpc) is 3.57. The third kappa shape index (κ3) is 6.32. The van der Waals surface area contributed by atoms with Crippen LogP contribution in [-0.2, 0) is 28.8 Å². The highest BCUT2D eigenvalue weighted by molar-refractivity contribution is 7.90. The summed E-state index contributed by atoms with van der Waals surface area (Å²) in [5.41, 5.74) is -3.06. The lowest BCUT2D eigenvalue weighted by Gasteiger charge is -2.16. The standard InChI is InChI=1S/C29H20ClF7N4O3S/c1-15-38-25(28(32,33)34)12-40(15)23-8-3-16(17-10-22(31)21(14-42)24(11-17)45(2,43)44)9-20(23)27-39-26(29(35,36)37)13-41(27)19-6-4-18(30)5-7-19/h3-13,42H,14H2,1-2H3. The molecular weight excluding hydrogens is 653 g/mol. The molecule has 0 saturated heterocycles. The number of nitrogens with zero attached hydrogens (tertiary/aromatic N) is 4. The maximum Gasteiger partial charge on any atom is 0.434 e. The predicted octanol–water partition coefficient (Wildman–Crippen LogP) is 7.43. The molecule has 0 fully saturated rings. The van der Waals surface area contributed by atoms with Gasteiger partial charge >= 0.3 is 12.4 Å². The van der Waals surface area contributed by atoms with Gasteiger partial charge in [0.1, 0.15) is 17.5 Å². The van der Waals surface area contributed by atoms with Crippen LogP contribution in [0.2, 0.25) is 5.02 Å². The normalized spacial score (nSPS) is 12.6. The van der Waals surface area contributed by atoms with Crippen molar-refractivity contribution in [2.45, 2.75) is 30.8 Å². The van der Waals surface area contributed by atoms with E-state index < -0.39 is 56.5 Å². The summed E-state index contributed by atoms with van der Waals surface area (Å²) in [6, 6.07) is 11.5. The SMILES string of the molecule is Cc1nc(C(F)(F)F)cn1-c1ccc(-c2cc(F)c(CO)c(S(C)(=O)=O)c2)cc1-c1nc(C(F)(F)F)cn1-c1ccc(Cl)cc1. The van der Waals surface area contributed by atoms with E-state index in [0.717, 1.165) is 27.5 Å². The molecule has 0 saturated carbocycles. The fourth-order valence-corrected chi connectivity index (χ4v) is 5.80.